The topological polar surface area (TPSA) is 126 Å². The fraction of sp³-hybridized carbons (Fsp3) is 0.412. The molecule has 1 saturated carbocycles. The molecule has 6 rings (SSSR count). The van der Waals surface area contributed by atoms with E-state index in [-0.39, 0.29) is 31.2 Å². The first-order chi connectivity index (χ1) is 22.4. The first kappa shape index (κ1) is 31.0. The number of para-hydroxylation sites is 1. The van der Waals surface area contributed by atoms with Crippen LogP contribution in [0.1, 0.15) is 62.2 Å². The van der Waals surface area contributed by atoms with Crippen molar-refractivity contribution < 1.29 is 33.3 Å². The van der Waals surface area contributed by atoms with E-state index in [1.165, 1.54) is 21.3 Å². The molecule has 0 bridgehead atoms. The molecule has 1 aromatic heterocycles. The van der Waals surface area contributed by atoms with Gasteiger partial charge in [0.25, 0.3) is 0 Å². The van der Waals surface area contributed by atoms with Crippen molar-refractivity contribution in [3.8, 4) is 28.7 Å². The fourth-order valence-corrected chi connectivity index (χ4v) is 6.31. The Morgan fingerprint density at radius 3 is 2.39 bits per heavy atom. The third kappa shape index (κ3) is 6.11. The van der Waals surface area contributed by atoms with Crippen LogP contribution in [0.25, 0.3) is 11.0 Å². The van der Waals surface area contributed by atoms with Crippen molar-refractivity contribution in [2.75, 3.05) is 28.1 Å². The van der Waals surface area contributed by atoms with Gasteiger partial charge in [-0.3, -0.25) is 9.59 Å². The molecule has 2 heterocycles. The Kier molecular flexibility index (Phi) is 9.13. The van der Waals surface area contributed by atoms with Crippen LogP contribution in [0.15, 0.2) is 54.6 Å². The molecule has 242 valence electrons. The molecule has 0 radical (unpaired) electrons. The van der Waals surface area contributed by atoms with E-state index in [2.05, 4.69) is 15.6 Å². The van der Waals surface area contributed by atoms with E-state index in [0.29, 0.717) is 45.3 Å². The van der Waals surface area contributed by atoms with Gasteiger partial charge in [-0.2, -0.15) is 0 Å². The van der Waals surface area contributed by atoms with Gasteiger partial charge in [-0.05, 0) is 67.3 Å². The van der Waals surface area contributed by atoms with Gasteiger partial charge in [0, 0.05) is 12.6 Å². The highest BCUT2D eigenvalue weighted by molar-refractivity contribution is 5.91. The molecule has 46 heavy (non-hydrogen) atoms. The van der Waals surface area contributed by atoms with Gasteiger partial charge < -0.3 is 33.9 Å². The summed E-state index contributed by atoms with van der Waals surface area (Å²) in [7, 11) is 4.56. The van der Waals surface area contributed by atoms with Crippen molar-refractivity contribution in [2.45, 2.75) is 63.7 Å². The maximum Gasteiger partial charge on any atom is 0.248 e. The molecule has 12 heteroatoms. The molecule has 0 spiro atoms. The van der Waals surface area contributed by atoms with Crippen LogP contribution in [-0.2, 0) is 16.1 Å². The summed E-state index contributed by atoms with van der Waals surface area (Å²) in [6.45, 7) is 1.98. The van der Waals surface area contributed by atoms with Gasteiger partial charge in [0.1, 0.15) is 17.6 Å². The zero-order chi connectivity index (χ0) is 32.2. The van der Waals surface area contributed by atoms with E-state index in [9.17, 15) is 9.59 Å². The van der Waals surface area contributed by atoms with Crippen LogP contribution < -0.4 is 29.0 Å². The smallest absolute Gasteiger partial charge is 0.248 e. The van der Waals surface area contributed by atoms with E-state index >= 15 is 0 Å². The summed E-state index contributed by atoms with van der Waals surface area (Å²) in [6, 6.07) is 14.6. The van der Waals surface area contributed by atoms with Crippen molar-refractivity contribution in [1.29, 1.82) is 0 Å². The molecule has 3 aromatic carbocycles. The molecule has 2 atom stereocenters. The zero-order valence-electron chi connectivity index (χ0n) is 26.5. The predicted octanol–water partition coefficient (Wildman–Crippen LogP) is 4.97. The van der Waals surface area contributed by atoms with Crippen molar-refractivity contribution >= 4 is 22.8 Å². The lowest BCUT2D eigenvalue weighted by molar-refractivity contribution is -0.144. The summed E-state index contributed by atoms with van der Waals surface area (Å²) in [5.41, 5.74) is 2.65. The highest BCUT2D eigenvalue weighted by Gasteiger charge is 2.37. The first-order valence-corrected chi connectivity index (χ1v) is 15.5. The normalized spacial score (nSPS) is 15.7. The molecule has 0 saturated heterocycles. The van der Waals surface area contributed by atoms with Gasteiger partial charge in [-0.25, -0.2) is 4.68 Å². The Labute approximate surface area is 267 Å². The third-order valence-corrected chi connectivity index (χ3v) is 8.69. The van der Waals surface area contributed by atoms with E-state index < -0.39 is 12.1 Å². The number of aromatic nitrogens is 3. The maximum absolute atomic E-state index is 14.8. The molecule has 1 aliphatic heterocycles. The molecule has 12 nitrogen and oxygen atoms in total. The second kappa shape index (κ2) is 13.6. The monoisotopic (exact) mass is 629 g/mol. The second-order valence-corrected chi connectivity index (χ2v) is 11.6. The number of nitrogens with one attached hydrogen (secondary N) is 1. The molecule has 4 aromatic rings. The lowest BCUT2D eigenvalue weighted by Crippen LogP contribution is -2.48. The average molecular weight is 630 g/mol. The Hall–Kier alpha value is -5.00. The quantitative estimate of drug-likeness (QED) is 0.245. The number of hydrogen-bond donors (Lipinski definition) is 1. The van der Waals surface area contributed by atoms with E-state index in [1.807, 2.05) is 42.5 Å². The van der Waals surface area contributed by atoms with E-state index in [4.69, 9.17) is 23.7 Å². The Balaban J connectivity index is 1.47. The van der Waals surface area contributed by atoms with Crippen molar-refractivity contribution in [2.24, 2.45) is 0 Å². The van der Waals surface area contributed by atoms with Crippen LogP contribution in [0.2, 0.25) is 0 Å². The van der Waals surface area contributed by atoms with Crippen molar-refractivity contribution in [3.05, 3.63) is 65.7 Å². The SMILES string of the molecule is COc1cc([C@@H](C(=O)NC2CCCCC2)N(Cc2ccc3c(c2)OCO3)C(=O)[C@@H](C)n2nnc3ccccc32)cc(OC)c1OC. The number of rotatable bonds is 11. The number of hydrogen-bond acceptors (Lipinski definition) is 9. The van der Waals surface area contributed by atoms with Gasteiger partial charge in [0.15, 0.2) is 23.0 Å². The number of fused-ring (bicyclic) bond motifs is 2. The van der Waals surface area contributed by atoms with Gasteiger partial charge in [0.2, 0.25) is 24.4 Å². The van der Waals surface area contributed by atoms with Crippen molar-refractivity contribution in [3.63, 3.8) is 0 Å². The number of carbonyl (C=O) groups is 2. The van der Waals surface area contributed by atoms with Crippen LogP contribution in [0.3, 0.4) is 0 Å². The average Bonchev–Trinajstić information content (AvgIpc) is 3.74. The first-order valence-electron chi connectivity index (χ1n) is 15.5. The largest absolute Gasteiger partial charge is 0.493 e. The van der Waals surface area contributed by atoms with Crippen LogP contribution in [0, 0.1) is 0 Å². The molecule has 1 N–H and O–H groups in total. The summed E-state index contributed by atoms with van der Waals surface area (Å²) in [5, 5.41) is 11.9. The molecule has 1 fully saturated rings. The Morgan fingerprint density at radius 2 is 1.67 bits per heavy atom. The van der Waals surface area contributed by atoms with Crippen LogP contribution >= 0.6 is 0 Å². The summed E-state index contributed by atoms with van der Waals surface area (Å²) < 4.78 is 29.7. The van der Waals surface area contributed by atoms with Gasteiger partial charge in [-0.15, -0.1) is 5.10 Å². The van der Waals surface area contributed by atoms with Gasteiger partial charge in [-0.1, -0.05) is 42.7 Å². The van der Waals surface area contributed by atoms with E-state index in [0.717, 1.165) is 37.7 Å². The summed E-state index contributed by atoms with van der Waals surface area (Å²) in [4.78, 5) is 30.9. The molecule has 0 unspecified atom stereocenters. The van der Waals surface area contributed by atoms with Gasteiger partial charge >= 0.3 is 0 Å². The molecule has 2 amide bonds. The van der Waals surface area contributed by atoms with Crippen LogP contribution in [0.5, 0.6) is 28.7 Å². The highest BCUT2D eigenvalue weighted by Crippen LogP contribution is 2.42. The predicted molar refractivity (Wildman–Crippen MR) is 169 cm³/mol. The Morgan fingerprint density at radius 1 is 0.957 bits per heavy atom. The summed E-state index contributed by atoms with van der Waals surface area (Å²) in [5.74, 6) is 1.71. The lowest BCUT2D eigenvalue weighted by Gasteiger charge is -2.35. The molecule has 1 aliphatic carbocycles. The lowest BCUT2D eigenvalue weighted by atomic mass is 9.94. The Bertz CT molecular complexity index is 1690. The maximum atomic E-state index is 14.8. The minimum Gasteiger partial charge on any atom is -0.493 e. The highest BCUT2D eigenvalue weighted by atomic mass is 16.7. The fourth-order valence-electron chi connectivity index (χ4n) is 6.31. The molecular weight excluding hydrogens is 590 g/mol. The number of benzene rings is 3. The summed E-state index contributed by atoms with van der Waals surface area (Å²) >= 11 is 0. The van der Waals surface area contributed by atoms with E-state index in [1.54, 1.807) is 28.6 Å². The van der Waals surface area contributed by atoms with Gasteiger partial charge in [0.05, 0.1) is 26.8 Å². The minimum atomic E-state index is -1.06. The third-order valence-electron chi connectivity index (χ3n) is 8.69. The van der Waals surface area contributed by atoms with Crippen LogP contribution in [-0.4, -0.2) is 65.9 Å². The number of carbonyl (C=O) groups excluding carboxylic acids is 2. The number of methoxy groups -OCH3 is 3. The summed E-state index contributed by atoms with van der Waals surface area (Å²) in [6.07, 6.45) is 4.98. The van der Waals surface area contributed by atoms with Crippen molar-refractivity contribution in [1.82, 2.24) is 25.2 Å². The molecule has 2 aliphatic rings. The standard InChI is InChI=1S/C34H39N5O7/c1-21(39-26-13-9-8-12-25(26)36-37-39)34(41)38(19-22-14-15-27-28(16-22)46-20-45-27)31(33(40)35-24-10-6-5-7-11-24)23-17-29(42-2)32(44-4)30(18-23)43-3/h8-9,12-18,21,24,31H,5-7,10-11,19-20H2,1-4H3,(H,35,40)/t21-,31+/m1/s1. The minimum absolute atomic E-state index is 0.00460. The second-order valence-electron chi connectivity index (χ2n) is 11.6. The zero-order valence-corrected chi connectivity index (χ0v) is 26.5. The molecular formula is C34H39N5O7. The number of nitrogens with zero attached hydrogens (tertiary/aromatic N) is 4. The van der Waals surface area contributed by atoms with Crippen LogP contribution in [0.4, 0.5) is 0 Å². The number of amides is 2. The number of ether oxygens (including phenoxy) is 5.